The van der Waals surface area contributed by atoms with E-state index in [1.165, 1.54) is 4.88 Å². The summed E-state index contributed by atoms with van der Waals surface area (Å²) in [4.78, 5) is 2.34. The van der Waals surface area contributed by atoms with Crippen LogP contribution in [0.4, 0.5) is 0 Å². The zero-order chi connectivity index (χ0) is 12.4. The quantitative estimate of drug-likeness (QED) is 0.843. The SMILES string of the molecule is Cc1occc1SC(c1ccc(Cl)s1)C(C)N. The fourth-order valence-electron chi connectivity index (χ4n) is 1.54. The van der Waals surface area contributed by atoms with Crippen LogP contribution in [0.1, 0.15) is 22.8 Å². The van der Waals surface area contributed by atoms with Gasteiger partial charge in [0.25, 0.3) is 0 Å². The highest BCUT2D eigenvalue weighted by Crippen LogP contribution is 2.42. The van der Waals surface area contributed by atoms with Crippen LogP contribution in [0.2, 0.25) is 4.34 Å². The highest BCUT2D eigenvalue weighted by atomic mass is 35.5. The Labute approximate surface area is 114 Å². The second-order valence-corrected chi connectivity index (χ2v) is 6.81. The fraction of sp³-hybridized carbons (Fsp3) is 0.333. The predicted molar refractivity (Wildman–Crippen MR) is 75.0 cm³/mol. The molecule has 2 aromatic heterocycles. The van der Waals surface area contributed by atoms with Crippen LogP contribution in [0.5, 0.6) is 0 Å². The molecule has 2 heterocycles. The molecular formula is C12H14ClNOS2. The van der Waals surface area contributed by atoms with Gasteiger partial charge in [-0.05, 0) is 32.0 Å². The summed E-state index contributed by atoms with van der Waals surface area (Å²) in [5, 5.41) is 0.212. The zero-order valence-corrected chi connectivity index (χ0v) is 12.0. The van der Waals surface area contributed by atoms with Crippen LogP contribution in [0.15, 0.2) is 33.8 Å². The summed E-state index contributed by atoms with van der Waals surface area (Å²) in [6, 6.07) is 6.00. The molecular weight excluding hydrogens is 274 g/mol. The van der Waals surface area contributed by atoms with Crippen molar-refractivity contribution in [1.29, 1.82) is 0 Å². The van der Waals surface area contributed by atoms with E-state index in [4.69, 9.17) is 21.8 Å². The van der Waals surface area contributed by atoms with Crippen molar-refractivity contribution in [3.8, 4) is 0 Å². The maximum Gasteiger partial charge on any atom is 0.114 e. The highest BCUT2D eigenvalue weighted by Gasteiger charge is 2.21. The second-order valence-electron chi connectivity index (χ2n) is 3.88. The Hall–Kier alpha value is -0.420. The molecule has 0 saturated carbocycles. The summed E-state index contributed by atoms with van der Waals surface area (Å²) >= 11 is 9.29. The average molecular weight is 288 g/mol. The lowest BCUT2D eigenvalue weighted by Gasteiger charge is -2.18. The van der Waals surface area contributed by atoms with Gasteiger partial charge in [0.05, 0.1) is 15.8 Å². The maximum absolute atomic E-state index is 6.06. The lowest BCUT2D eigenvalue weighted by molar-refractivity contribution is 0.526. The van der Waals surface area contributed by atoms with E-state index in [1.807, 2.05) is 32.0 Å². The van der Waals surface area contributed by atoms with Crippen molar-refractivity contribution in [2.45, 2.75) is 30.0 Å². The Morgan fingerprint density at radius 1 is 1.41 bits per heavy atom. The Morgan fingerprint density at radius 2 is 2.18 bits per heavy atom. The molecule has 2 N–H and O–H groups in total. The van der Waals surface area contributed by atoms with Crippen molar-refractivity contribution >= 4 is 34.7 Å². The smallest absolute Gasteiger partial charge is 0.114 e. The average Bonchev–Trinajstić information content (AvgIpc) is 2.84. The largest absolute Gasteiger partial charge is 0.468 e. The maximum atomic E-state index is 6.06. The van der Waals surface area contributed by atoms with E-state index in [-0.39, 0.29) is 11.3 Å². The number of nitrogens with two attached hydrogens (primary N) is 1. The summed E-state index contributed by atoms with van der Waals surface area (Å²) in [7, 11) is 0. The number of rotatable bonds is 4. The van der Waals surface area contributed by atoms with Gasteiger partial charge in [0.2, 0.25) is 0 Å². The first kappa shape index (κ1) is 13.0. The molecule has 92 valence electrons. The van der Waals surface area contributed by atoms with E-state index in [1.54, 1.807) is 29.4 Å². The molecule has 0 aliphatic heterocycles. The number of hydrogen-bond acceptors (Lipinski definition) is 4. The first-order chi connectivity index (χ1) is 8.08. The summed E-state index contributed by atoms with van der Waals surface area (Å²) in [5.74, 6) is 0.934. The van der Waals surface area contributed by atoms with E-state index in [2.05, 4.69) is 0 Å². The van der Waals surface area contributed by atoms with Gasteiger partial charge >= 0.3 is 0 Å². The number of thioether (sulfide) groups is 1. The molecule has 5 heteroatoms. The molecule has 0 aliphatic carbocycles. The summed E-state index contributed by atoms with van der Waals surface area (Å²) < 4.78 is 6.10. The molecule has 2 rings (SSSR count). The Kier molecular flexibility index (Phi) is 4.20. The number of furan rings is 1. The van der Waals surface area contributed by atoms with Gasteiger partial charge in [0, 0.05) is 15.8 Å². The van der Waals surface area contributed by atoms with Crippen LogP contribution in [-0.2, 0) is 0 Å². The summed E-state index contributed by atoms with van der Waals surface area (Å²) in [6.07, 6.45) is 1.71. The Morgan fingerprint density at radius 3 is 2.65 bits per heavy atom. The minimum absolute atomic E-state index is 0.0593. The van der Waals surface area contributed by atoms with E-state index in [9.17, 15) is 0 Å². The van der Waals surface area contributed by atoms with Crippen LogP contribution in [0.3, 0.4) is 0 Å². The third-order valence-electron chi connectivity index (χ3n) is 2.42. The molecule has 0 aliphatic rings. The van der Waals surface area contributed by atoms with Crippen molar-refractivity contribution in [2.24, 2.45) is 5.73 Å². The molecule has 0 spiro atoms. The van der Waals surface area contributed by atoms with Gasteiger partial charge in [-0.3, -0.25) is 0 Å². The molecule has 0 amide bonds. The van der Waals surface area contributed by atoms with E-state index >= 15 is 0 Å². The van der Waals surface area contributed by atoms with Crippen molar-refractivity contribution in [2.75, 3.05) is 0 Å². The first-order valence-corrected chi connectivity index (χ1v) is 7.37. The van der Waals surface area contributed by atoms with Crippen molar-refractivity contribution in [1.82, 2.24) is 0 Å². The van der Waals surface area contributed by atoms with Gasteiger partial charge in [-0.2, -0.15) is 0 Å². The van der Waals surface area contributed by atoms with Crippen LogP contribution in [-0.4, -0.2) is 6.04 Å². The van der Waals surface area contributed by atoms with Crippen molar-refractivity contribution < 1.29 is 4.42 Å². The molecule has 2 atom stereocenters. The number of thiophene rings is 1. The van der Waals surface area contributed by atoms with E-state index < -0.39 is 0 Å². The van der Waals surface area contributed by atoms with E-state index in [0.29, 0.717) is 0 Å². The molecule has 0 radical (unpaired) electrons. The standard InChI is InChI=1S/C12H14ClNOS2/c1-7(14)12(10-3-4-11(13)16-10)17-9-5-6-15-8(9)2/h3-7,12H,14H2,1-2H3. The van der Waals surface area contributed by atoms with Crippen LogP contribution in [0.25, 0.3) is 0 Å². The topological polar surface area (TPSA) is 39.2 Å². The molecule has 0 fully saturated rings. The lowest BCUT2D eigenvalue weighted by Crippen LogP contribution is -2.21. The van der Waals surface area contributed by atoms with Gasteiger partial charge in [-0.25, -0.2) is 0 Å². The van der Waals surface area contributed by atoms with Gasteiger partial charge in [0.15, 0.2) is 0 Å². The molecule has 2 unspecified atom stereocenters. The van der Waals surface area contributed by atoms with Gasteiger partial charge < -0.3 is 10.2 Å². The van der Waals surface area contributed by atoms with Crippen molar-refractivity contribution in [3.63, 3.8) is 0 Å². The number of hydrogen-bond donors (Lipinski definition) is 1. The third kappa shape index (κ3) is 3.07. The molecule has 17 heavy (non-hydrogen) atoms. The zero-order valence-electron chi connectivity index (χ0n) is 9.64. The monoisotopic (exact) mass is 287 g/mol. The van der Waals surface area contributed by atoms with Crippen LogP contribution in [0, 0.1) is 6.92 Å². The molecule has 0 aromatic carbocycles. The van der Waals surface area contributed by atoms with Crippen LogP contribution >= 0.6 is 34.7 Å². The molecule has 0 saturated heterocycles. The second kappa shape index (κ2) is 5.48. The third-order valence-corrected chi connectivity index (χ3v) is 5.50. The number of aryl methyl sites for hydroxylation is 1. The Bertz CT molecular complexity index is 492. The van der Waals surface area contributed by atoms with Gasteiger partial charge in [0.1, 0.15) is 5.76 Å². The molecule has 2 nitrogen and oxygen atoms in total. The van der Waals surface area contributed by atoms with Gasteiger partial charge in [-0.1, -0.05) is 11.6 Å². The molecule has 2 aromatic rings. The van der Waals surface area contributed by atoms with Gasteiger partial charge in [-0.15, -0.1) is 23.1 Å². The molecule has 0 bridgehead atoms. The van der Waals surface area contributed by atoms with Crippen LogP contribution < -0.4 is 5.73 Å². The fourth-order valence-corrected chi connectivity index (χ4v) is 4.02. The highest BCUT2D eigenvalue weighted by molar-refractivity contribution is 7.99. The summed E-state index contributed by atoms with van der Waals surface area (Å²) in [5.41, 5.74) is 6.06. The minimum atomic E-state index is 0.0593. The van der Waals surface area contributed by atoms with Crippen molar-refractivity contribution in [3.05, 3.63) is 39.4 Å². The summed E-state index contributed by atoms with van der Waals surface area (Å²) in [6.45, 7) is 3.97. The number of halogens is 1. The first-order valence-electron chi connectivity index (χ1n) is 5.29. The normalized spacial score (nSPS) is 14.8. The Balaban J connectivity index is 2.22. The predicted octanol–water partition coefficient (Wildman–Crippen LogP) is 4.48. The lowest BCUT2D eigenvalue weighted by atomic mass is 10.2. The minimum Gasteiger partial charge on any atom is -0.468 e. The van der Waals surface area contributed by atoms with E-state index in [0.717, 1.165) is 15.0 Å².